The molecule has 0 aromatic heterocycles. The lowest BCUT2D eigenvalue weighted by molar-refractivity contribution is 0.593. The molecule has 9 heteroatoms. The second kappa shape index (κ2) is 5.30. The largest absolute Gasteiger partial charge is 0.263 e. The highest BCUT2D eigenvalue weighted by molar-refractivity contribution is 8.15. The molecule has 1 aromatic rings. The van der Waals surface area contributed by atoms with Gasteiger partial charge in [-0.15, -0.1) is 0 Å². The summed E-state index contributed by atoms with van der Waals surface area (Å²) in [5.41, 5.74) is 8.61. The number of benzene rings is 1. The first-order chi connectivity index (χ1) is 8.62. The predicted molar refractivity (Wildman–Crippen MR) is 70.3 cm³/mol. The second-order valence-electron chi connectivity index (χ2n) is 3.32. The minimum atomic E-state index is -3.61. The van der Waals surface area contributed by atoms with Crippen LogP contribution in [0.15, 0.2) is 39.3 Å². The van der Waals surface area contributed by atoms with Gasteiger partial charge in [0.15, 0.2) is 5.17 Å². The lowest BCUT2D eigenvalue weighted by Gasteiger charge is -2.06. The molecule has 0 amide bonds. The molecule has 0 aliphatic carbocycles. The number of hydrogen-bond acceptors (Lipinski definition) is 5. The zero-order valence-electron chi connectivity index (χ0n) is 9.15. The molecule has 7 nitrogen and oxygen atoms in total. The molecule has 0 saturated carbocycles. The molecule has 1 N–H and O–H groups in total. The van der Waals surface area contributed by atoms with Gasteiger partial charge in [-0.3, -0.25) is 9.71 Å². The number of nitrogens with one attached hydrogen (secondary N) is 1. The smallest absolute Gasteiger partial charge is 0.261 e. The quantitative estimate of drug-likeness (QED) is 0.520. The molecule has 0 unspecified atom stereocenters. The van der Waals surface area contributed by atoms with Gasteiger partial charge in [-0.1, -0.05) is 29.0 Å². The van der Waals surface area contributed by atoms with E-state index < -0.39 is 10.0 Å². The van der Waals surface area contributed by atoms with Crippen molar-refractivity contribution in [3.63, 3.8) is 0 Å². The van der Waals surface area contributed by atoms with Crippen LogP contribution in [-0.2, 0) is 10.0 Å². The molecule has 94 valence electrons. The number of hydrogen-bond donors (Lipinski definition) is 1. The third-order valence-corrected chi connectivity index (χ3v) is 4.49. The van der Waals surface area contributed by atoms with Crippen LogP contribution in [0.4, 0.5) is 5.69 Å². The van der Waals surface area contributed by atoms with Crippen LogP contribution in [0.2, 0.25) is 0 Å². The van der Waals surface area contributed by atoms with Crippen LogP contribution in [0.3, 0.4) is 0 Å². The minimum absolute atomic E-state index is 0.106. The highest BCUT2D eigenvalue weighted by Gasteiger charge is 2.18. The third kappa shape index (κ3) is 2.95. The summed E-state index contributed by atoms with van der Waals surface area (Å²) < 4.78 is 26.3. The second-order valence-corrected chi connectivity index (χ2v) is 6.09. The summed E-state index contributed by atoms with van der Waals surface area (Å²) >= 11 is 1.37. The van der Waals surface area contributed by atoms with Crippen molar-refractivity contribution in [3.05, 3.63) is 34.7 Å². The first kappa shape index (κ1) is 12.7. The first-order valence-corrected chi connectivity index (χ1v) is 7.44. The SMILES string of the molecule is [N-]=[N+]=Nc1ccc(S(=O)(=O)NC2=NCCS2)cc1. The summed E-state index contributed by atoms with van der Waals surface area (Å²) in [4.78, 5) is 6.74. The molecular formula is C9H9N5O2S2. The normalized spacial score (nSPS) is 14.8. The average Bonchev–Trinajstić information content (AvgIpc) is 2.82. The Labute approximate surface area is 108 Å². The van der Waals surface area contributed by atoms with Crippen LogP contribution in [0.1, 0.15) is 0 Å². The van der Waals surface area contributed by atoms with Crippen molar-refractivity contribution < 1.29 is 8.42 Å². The van der Waals surface area contributed by atoms with Crippen LogP contribution in [0.25, 0.3) is 10.4 Å². The fourth-order valence-corrected chi connectivity index (χ4v) is 3.34. The van der Waals surface area contributed by atoms with E-state index in [2.05, 4.69) is 19.7 Å². The number of rotatable bonds is 3. The fraction of sp³-hybridized carbons (Fsp3) is 0.222. The summed E-state index contributed by atoms with van der Waals surface area (Å²) in [5.74, 6) is 0.785. The monoisotopic (exact) mass is 283 g/mol. The van der Waals surface area contributed by atoms with E-state index in [1.165, 1.54) is 36.0 Å². The lowest BCUT2D eigenvalue weighted by atomic mass is 10.3. The van der Waals surface area contributed by atoms with Gasteiger partial charge in [-0.2, -0.15) is 0 Å². The Balaban J connectivity index is 2.21. The summed E-state index contributed by atoms with van der Waals surface area (Å²) in [7, 11) is -3.61. The van der Waals surface area contributed by atoms with Gasteiger partial charge in [-0.05, 0) is 17.7 Å². The minimum Gasteiger partial charge on any atom is -0.261 e. The molecule has 0 radical (unpaired) electrons. The number of amidine groups is 1. The van der Waals surface area contributed by atoms with Crippen molar-refractivity contribution in [1.82, 2.24) is 4.72 Å². The molecule has 0 atom stereocenters. The molecule has 0 spiro atoms. The van der Waals surface area contributed by atoms with Crippen molar-refractivity contribution in [3.8, 4) is 0 Å². The zero-order chi connectivity index (χ0) is 13.0. The van der Waals surface area contributed by atoms with Gasteiger partial charge >= 0.3 is 0 Å². The molecule has 0 bridgehead atoms. The van der Waals surface area contributed by atoms with Crippen LogP contribution >= 0.6 is 11.8 Å². The third-order valence-electron chi connectivity index (χ3n) is 2.11. The highest BCUT2D eigenvalue weighted by Crippen LogP contribution is 2.18. The van der Waals surface area contributed by atoms with Gasteiger partial charge in [0.2, 0.25) is 0 Å². The number of azide groups is 1. The maximum atomic E-state index is 11.9. The van der Waals surface area contributed by atoms with E-state index in [0.29, 0.717) is 17.4 Å². The van der Waals surface area contributed by atoms with Crippen molar-refractivity contribution in [2.75, 3.05) is 12.3 Å². The van der Waals surface area contributed by atoms with Crippen LogP contribution in [-0.4, -0.2) is 25.9 Å². The number of sulfonamides is 1. The molecule has 1 aliphatic rings. The Morgan fingerprint density at radius 3 is 2.67 bits per heavy atom. The van der Waals surface area contributed by atoms with E-state index in [4.69, 9.17) is 5.53 Å². The maximum Gasteiger partial charge on any atom is 0.263 e. The summed E-state index contributed by atoms with van der Waals surface area (Å²) in [6, 6.07) is 5.65. The van der Waals surface area contributed by atoms with Crippen LogP contribution in [0, 0.1) is 0 Å². The van der Waals surface area contributed by atoms with E-state index in [9.17, 15) is 8.42 Å². The topological polar surface area (TPSA) is 107 Å². The van der Waals surface area contributed by atoms with Gasteiger partial charge in [0.25, 0.3) is 10.0 Å². The number of aliphatic imine (C=N–C) groups is 1. The van der Waals surface area contributed by atoms with E-state index in [1.807, 2.05) is 0 Å². The van der Waals surface area contributed by atoms with Gasteiger partial charge in [0, 0.05) is 16.4 Å². The molecule has 1 heterocycles. The molecule has 0 fully saturated rings. The number of nitrogens with zero attached hydrogens (tertiary/aromatic N) is 4. The van der Waals surface area contributed by atoms with Gasteiger partial charge in [0.05, 0.1) is 11.4 Å². The van der Waals surface area contributed by atoms with E-state index >= 15 is 0 Å². The molecule has 0 saturated heterocycles. The lowest BCUT2D eigenvalue weighted by Crippen LogP contribution is -2.27. The van der Waals surface area contributed by atoms with E-state index in [-0.39, 0.29) is 4.90 Å². The number of thioether (sulfide) groups is 1. The van der Waals surface area contributed by atoms with Gasteiger partial charge < -0.3 is 0 Å². The molecule has 1 aromatic carbocycles. The molecule has 1 aliphatic heterocycles. The summed E-state index contributed by atoms with van der Waals surface area (Å²) in [6.45, 7) is 0.623. The molecule has 2 rings (SSSR count). The van der Waals surface area contributed by atoms with Crippen LogP contribution in [0.5, 0.6) is 0 Å². The summed E-state index contributed by atoms with van der Waals surface area (Å²) in [6.07, 6.45) is 0. The van der Waals surface area contributed by atoms with E-state index in [0.717, 1.165) is 5.75 Å². The zero-order valence-corrected chi connectivity index (χ0v) is 10.8. The summed E-state index contributed by atoms with van der Waals surface area (Å²) in [5, 5.41) is 3.78. The fourth-order valence-electron chi connectivity index (χ4n) is 1.31. The Morgan fingerprint density at radius 2 is 2.11 bits per heavy atom. The Bertz CT molecular complexity index is 617. The van der Waals surface area contributed by atoms with Crippen molar-refractivity contribution >= 4 is 32.6 Å². The standard InChI is InChI=1S/C9H9N5O2S2/c10-14-12-7-1-3-8(4-2-7)18(15,16)13-9-11-5-6-17-9/h1-4H,5-6H2,(H,11,13). The predicted octanol–water partition coefficient (Wildman–Crippen LogP) is 2.01. The maximum absolute atomic E-state index is 11.9. The molecular weight excluding hydrogens is 274 g/mol. The highest BCUT2D eigenvalue weighted by atomic mass is 32.2. The van der Waals surface area contributed by atoms with Gasteiger partial charge in [0.1, 0.15) is 0 Å². The van der Waals surface area contributed by atoms with Crippen molar-refractivity contribution in [2.24, 2.45) is 10.1 Å². The molecule has 18 heavy (non-hydrogen) atoms. The first-order valence-electron chi connectivity index (χ1n) is 4.97. The van der Waals surface area contributed by atoms with Crippen LogP contribution < -0.4 is 4.72 Å². The Kier molecular flexibility index (Phi) is 3.75. The van der Waals surface area contributed by atoms with E-state index in [1.54, 1.807) is 0 Å². The van der Waals surface area contributed by atoms with Crippen molar-refractivity contribution in [1.29, 1.82) is 0 Å². The van der Waals surface area contributed by atoms with Crippen molar-refractivity contribution in [2.45, 2.75) is 4.90 Å². The average molecular weight is 283 g/mol. The van der Waals surface area contributed by atoms with Gasteiger partial charge in [-0.25, -0.2) is 8.42 Å². The Morgan fingerprint density at radius 1 is 1.39 bits per heavy atom. The Hall–Kier alpha value is -1.70.